The van der Waals surface area contributed by atoms with Gasteiger partial charge in [0.1, 0.15) is 0 Å². The van der Waals surface area contributed by atoms with E-state index in [1.54, 1.807) is 0 Å². The van der Waals surface area contributed by atoms with Gasteiger partial charge in [0.2, 0.25) is 5.82 Å². The summed E-state index contributed by atoms with van der Waals surface area (Å²) in [4.78, 5) is 21.8. The minimum absolute atomic E-state index is 0.223. The van der Waals surface area contributed by atoms with Crippen LogP contribution in [0, 0.1) is 27.3 Å². The summed E-state index contributed by atoms with van der Waals surface area (Å²) in [5.41, 5.74) is -0.283. The van der Waals surface area contributed by atoms with Gasteiger partial charge in [-0.2, -0.15) is 9.65 Å². The summed E-state index contributed by atoms with van der Waals surface area (Å²) < 4.78 is 13.4. The summed E-state index contributed by atoms with van der Waals surface area (Å²) in [6.45, 7) is 0. The zero-order valence-corrected chi connectivity index (χ0v) is 11.6. The van der Waals surface area contributed by atoms with E-state index >= 15 is 0 Å². The van der Waals surface area contributed by atoms with Crippen LogP contribution in [-0.4, -0.2) is 10.8 Å². The fourth-order valence-corrected chi connectivity index (χ4v) is 1.91. The Balaban J connectivity index is 2.31. The number of nitro benzene ring substituents is 1. The van der Waals surface area contributed by atoms with Crippen LogP contribution in [0.5, 0.6) is 0 Å². The van der Waals surface area contributed by atoms with Crippen LogP contribution in [0.1, 0.15) is 15.9 Å². The number of hydrogen-bond acceptors (Lipinski definition) is 4. The molecule has 0 aliphatic heterocycles. The highest BCUT2D eigenvalue weighted by Gasteiger charge is 2.21. The number of anilines is 1. The lowest BCUT2D eigenvalue weighted by Gasteiger charge is -2.07. The van der Waals surface area contributed by atoms with Gasteiger partial charge in [-0.25, -0.2) is 0 Å². The van der Waals surface area contributed by atoms with E-state index in [4.69, 9.17) is 16.9 Å². The van der Waals surface area contributed by atoms with E-state index in [0.29, 0.717) is 17.3 Å². The third kappa shape index (κ3) is 3.19. The highest BCUT2D eigenvalue weighted by molar-refractivity contribution is 6.34. The van der Waals surface area contributed by atoms with Crippen molar-refractivity contribution in [1.29, 1.82) is 5.26 Å². The van der Waals surface area contributed by atoms with Crippen LogP contribution in [-0.2, 0) is 0 Å². The van der Waals surface area contributed by atoms with Crippen LogP contribution in [0.4, 0.5) is 15.8 Å². The number of carbonyl (C=O) groups excluding carboxylic acids is 1. The number of hydrogen-bond donors (Lipinski definition) is 1. The lowest BCUT2D eigenvalue weighted by atomic mass is 10.1. The predicted molar refractivity (Wildman–Crippen MR) is 77.2 cm³/mol. The fourth-order valence-electron chi connectivity index (χ4n) is 1.68. The van der Waals surface area contributed by atoms with Crippen LogP contribution in [0.15, 0.2) is 36.4 Å². The van der Waals surface area contributed by atoms with Crippen molar-refractivity contribution in [3.05, 3.63) is 68.5 Å². The van der Waals surface area contributed by atoms with E-state index < -0.39 is 22.3 Å². The molecule has 0 unspecified atom stereocenters. The Kier molecular flexibility index (Phi) is 4.34. The largest absolute Gasteiger partial charge is 0.322 e. The monoisotopic (exact) mass is 319 g/mol. The summed E-state index contributed by atoms with van der Waals surface area (Å²) in [5, 5.41) is 21.6. The van der Waals surface area contributed by atoms with Gasteiger partial charge in [0.05, 0.1) is 27.1 Å². The molecule has 6 nitrogen and oxygen atoms in total. The van der Waals surface area contributed by atoms with Crippen molar-refractivity contribution in [3.8, 4) is 6.07 Å². The Morgan fingerprint density at radius 3 is 2.50 bits per heavy atom. The van der Waals surface area contributed by atoms with Crippen LogP contribution in [0.25, 0.3) is 0 Å². The van der Waals surface area contributed by atoms with E-state index in [9.17, 15) is 19.3 Å². The standard InChI is InChI=1S/C14H7ClFN3O3/c15-11-6-12(16)13(19(21)22)5-10(11)14(20)18-9-3-1-8(7-17)2-4-9/h1-6H,(H,18,20). The second-order valence-electron chi connectivity index (χ2n) is 4.18. The van der Waals surface area contributed by atoms with Crippen LogP contribution >= 0.6 is 11.6 Å². The van der Waals surface area contributed by atoms with Gasteiger partial charge in [0, 0.05) is 17.8 Å². The molecule has 22 heavy (non-hydrogen) atoms. The first-order valence-corrected chi connectivity index (χ1v) is 6.25. The molecule has 0 heterocycles. The van der Waals surface area contributed by atoms with Gasteiger partial charge in [0.25, 0.3) is 5.91 Å². The third-order valence-corrected chi connectivity index (χ3v) is 3.06. The average molecular weight is 320 g/mol. The van der Waals surface area contributed by atoms with E-state index in [1.165, 1.54) is 24.3 Å². The van der Waals surface area contributed by atoms with Gasteiger partial charge in [-0.15, -0.1) is 0 Å². The molecule has 0 saturated heterocycles. The van der Waals surface area contributed by atoms with Crippen LogP contribution in [0.2, 0.25) is 5.02 Å². The number of benzene rings is 2. The molecule has 0 saturated carbocycles. The summed E-state index contributed by atoms with van der Waals surface area (Å²) in [6.07, 6.45) is 0. The van der Waals surface area contributed by atoms with E-state index in [-0.39, 0.29) is 10.6 Å². The Morgan fingerprint density at radius 1 is 1.32 bits per heavy atom. The van der Waals surface area contributed by atoms with Gasteiger partial charge in [-0.1, -0.05) is 11.6 Å². The number of nitrogens with zero attached hydrogens (tertiary/aromatic N) is 2. The van der Waals surface area contributed by atoms with Crippen molar-refractivity contribution >= 4 is 28.9 Å². The summed E-state index contributed by atoms with van der Waals surface area (Å²) in [6, 6.07) is 9.37. The van der Waals surface area contributed by atoms with Crippen LogP contribution < -0.4 is 5.32 Å². The average Bonchev–Trinajstić information content (AvgIpc) is 2.47. The zero-order valence-electron chi connectivity index (χ0n) is 10.8. The maximum absolute atomic E-state index is 13.4. The number of amides is 1. The first-order valence-electron chi connectivity index (χ1n) is 5.87. The number of nitriles is 1. The van der Waals surface area contributed by atoms with Gasteiger partial charge in [0.15, 0.2) is 0 Å². The zero-order chi connectivity index (χ0) is 16.3. The summed E-state index contributed by atoms with van der Waals surface area (Å²) >= 11 is 5.75. The Hall–Kier alpha value is -2.98. The summed E-state index contributed by atoms with van der Waals surface area (Å²) in [5.74, 6) is -1.84. The molecule has 0 aromatic heterocycles. The van der Waals surface area contributed by atoms with Gasteiger partial charge in [-0.05, 0) is 24.3 Å². The molecule has 1 N–H and O–H groups in total. The molecular weight excluding hydrogens is 313 g/mol. The minimum atomic E-state index is -1.12. The Morgan fingerprint density at radius 2 is 1.95 bits per heavy atom. The fraction of sp³-hybridized carbons (Fsp3) is 0. The van der Waals surface area contributed by atoms with Gasteiger partial charge < -0.3 is 5.32 Å². The van der Waals surface area contributed by atoms with Crippen molar-refractivity contribution in [3.63, 3.8) is 0 Å². The molecule has 0 bridgehead atoms. The van der Waals surface area contributed by atoms with Crippen molar-refractivity contribution in [1.82, 2.24) is 0 Å². The first kappa shape index (κ1) is 15.4. The molecule has 2 rings (SSSR count). The molecule has 0 fully saturated rings. The Bertz CT molecular complexity index is 800. The highest BCUT2D eigenvalue weighted by atomic mass is 35.5. The molecule has 2 aromatic carbocycles. The third-order valence-electron chi connectivity index (χ3n) is 2.75. The van der Waals surface area contributed by atoms with Crippen molar-refractivity contribution in [2.24, 2.45) is 0 Å². The van der Waals surface area contributed by atoms with E-state index in [1.807, 2.05) is 6.07 Å². The molecule has 8 heteroatoms. The predicted octanol–water partition coefficient (Wildman–Crippen LogP) is 3.51. The second kappa shape index (κ2) is 6.20. The number of nitro groups is 1. The number of rotatable bonds is 3. The van der Waals surface area contributed by atoms with Gasteiger partial charge >= 0.3 is 5.69 Å². The normalized spacial score (nSPS) is 9.86. The molecular formula is C14H7ClFN3O3. The smallest absolute Gasteiger partial charge is 0.305 e. The quantitative estimate of drug-likeness (QED) is 0.691. The number of carbonyl (C=O) groups is 1. The lowest BCUT2D eigenvalue weighted by molar-refractivity contribution is -0.387. The molecule has 0 aliphatic carbocycles. The maximum atomic E-state index is 13.4. The lowest BCUT2D eigenvalue weighted by Crippen LogP contribution is -2.13. The second-order valence-corrected chi connectivity index (χ2v) is 4.59. The topological polar surface area (TPSA) is 96.0 Å². The molecule has 0 radical (unpaired) electrons. The molecule has 0 aliphatic rings. The SMILES string of the molecule is N#Cc1ccc(NC(=O)c2cc([N+](=O)[O-])c(F)cc2Cl)cc1. The van der Waals surface area contributed by atoms with Crippen molar-refractivity contribution in [2.75, 3.05) is 5.32 Å². The van der Waals surface area contributed by atoms with Gasteiger partial charge in [-0.3, -0.25) is 14.9 Å². The van der Waals surface area contributed by atoms with Crippen molar-refractivity contribution < 1.29 is 14.1 Å². The van der Waals surface area contributed by atoms with E-state index in [0.717, 1.165) is 6.07 Å². The molecule has 1 amide bonds. The highest BCUT2D eigenvalue weighted by Crippen LogP contribution is 2.26. The summed E-state index contributed by atoms with van der Waals surface area (Å²) in [7, 11) is 0. The molecule has 2 aromatic rings. The number of nitrogens with one attached hydrogen (secondary N) is 1. The Labute approximate surface area is 128 Å². The molecule has 0 atom stereocenters. The minimum Gasteiger partial charge on any atom is -0.322 e. The molecule has 110 valence electrons. The molecule has 0 spiro atoms. The van der Waals surface area contributed by atoms with E-state index in [2.05, 4.69) is 5.32 Å². The first-order chi connectivity index (χ1) is 10.4. The maximum Gasteiger partial charge on any atom is 0.305 e. The number of halogens is 2. The van der Waals surface area contributed by atoms with Crippen LogP contribution in [0.3, 0.4) is 0 Å². The van der Waals surface area contributed by atoms with Crippen molar-refractivity contribution in [2.45, 2.75) is 0 Å².